The lowest BCUT2D eigenvalue weighted by molar-refractivity contribution is -0.0636. The van der Waals surface area contributed by atoms with Crippen LogP contribution >= 0.6 is 7.82 Å². The minimum atomic E-state index is -4.75. The molecule has 2 aromatic rings. The number of anilines is 2. The first kappa shape index (κ1) is 28.2. The molecule has 2 saturated heterocycles. The van der Waals surface area contributed by atoms with Crippen LogP contribution in [0.15, 0.2) is 34.1 Å². The van der Waals surface area contributed by atoms with E-state index in [0.29, 0.717) is 0 Å². The van der Waals surface area contributed by atoms with E-state index >= 15 is 0 Å². The van der Waals surface area contributed by atoms with E-state index in [-0.39, 0.29) is 11.6 Å². The largest absolute Gasteiger partial charge is 0.491 e. The van der Waals surface area contributed by atoms with Crippen molar-refractivity contribution in [2.24, 2.45) is 5.90 Å². The highest BCUT2D eigenvalue weighted by Crippen LogP contribution is 2.52. The van der Waals surface area contributed by atoms with E-state index in [0.717, 1.165) is 9.13 Å². The Morgan fingerprint density at radius 1 is 0.921 bits per heavy atom. The Hall–Kier alpha value is -2.81. The van der Waals surface area contributed by atoms with E-state index in [1.165, 1.54) is 24.5 Å². The van der Waals surface area contributed by atoms with E-state index in [2.05, 4.69) is 14.6 Å². The van der Waals surface area contributed by atoms with Gasteiger partial charge in [0, 0.05) is 12.4 Å². The summed E-state index contributed by atoms with van der Waals surface area (Å²) < 4.78 is 40.5. The number of ether oxygens (including phenoxy) is 2. The number of aliphatic hydroxyl groups is 4. The van der Waals surface area contributed by atoms with Gasteiger partial charge in [0.05, 0.1) is 13.2 Å². The second-order valence-corrected chi connectivity index (χ2v) is 9.86. The van der Waals surface area contributed by atoms with Gasteiger partial charge >= 0.3 is 19.2 Å². The van der Waals surface area contributed by atoms with Gasteiger partial charge in [-0.15, -0.1) is 0 Å². The Morgan fingerprint density at radius 2 is 1.45 bits per heavy atom. The maximum Gasteiger partial charge on any atom is 0.491 e. The molecule has 10 N–H and O–H groups in total. The van der Waals surface area contributed by atoms with Crippen molar-refractivity contribution in [3.05, 3.63) is 45.5 Å². The van der Waals surface area contributed by atoms with E-state index in [1.807, 2.05) is 0 Å². The van der Waals surface area contributed by atoms with Crippen molar-refractivity contribution in [3.8, 4) is 0 Å². The summed E-state index contributed by atoms with van der Waals surface area (Å²) >= 11 is 0. The molecule has 2 fully saturated rings. The molecule has 2 aromatic heterocycles. The van der Waals surface area contributed by atoms with Gasteiger partial charge < -0.3 is 41.4 Å². The molecule has 4 heterocycles. The highest BCUT2D eigenvalue weighted by Gasteiger charge is 2.51. The summed E-state index contributed by atoms with van der Waals surface area (Å²) in [4.78, 5) is 31.3. The standard InChI is InChI=1S/C18H26N7O12P/c19-9-1-3-24(17(30)22-9)15-12(28)11(27)8(35-15)6-33-38(32,37-21)36-14-7(5-26)34-16(13(14)29)25-4-2-10(20)23-18(25)31/h1-4,7-8,11-16,26-29H,5-6,21H2,(H2,19,22,30)(H2,20,23,31)/t7-,8-,11+,12+,13+,14+,15+,16-,38-/m0/s1. The zero-order valence-corrected chi connectivity index (χ0v) is 20.3. The maximum atomic E-state index is 13.1. The number of hydrogen-bond donors (Lipinski definition) is 7. The molecule has 0 amide bonds. The third-order valence-corrected chi connectivity index (χ3v) is 7.08. The lowest BCUT2D eigenvalue weighted by atomic mass is 10.1. The summed E-state index contributed by atoms with van der Waals surface area (Å²) in [6.45, 7) is -1.48. The smallest absolute Gasteiger partial charge is 0.394 e. The molecule has 210 valence electrons. The van der Waals surface area contributed by atoms with Crippen molar-refractivity contribution in [1.82, 2.24) is 19.1 Å². The Morgan fingerprint density at radius 3 is 1.95 bits per heavy atom. The molecule has 2 aliphatic heterocycles. The van der Waals surface area contributed by atoms with Gasteiger partial charge in [-0.25, -0.2) is 24.7 Å². The van der Waals surface area contributed by atoms with Crippen LogP contribution in [0.2, 0.25) is 0 Å². The normalized spacial score (nSPS) is 32.9. The van der Waals surface area contributed by atoms with Crippen molar-refractivity contribution in [1.29, 1.82) is 0 Å². The van der Waals surface area contributed by atoms with Crippen LogP contribution in [-0.4, -0.2) is 89.4 Å². The number of nitrogens with two attached hydrogens (primary N) is 3. The van der Waals surface area contributed by atoms with Gasteiger partial charge in [-0.3, -0.25) is 18.2 Å². The zero-order chi connectivity index (χ0) is 27.8. The number of nitrogen functional groups attached to an aromatic ring is 2. The summed E-state index contributed by atoms with van der Waals surface area (Å²) in [5.74, 6) is 4.95. The third kappa shape index (κ3) is 5.48. The van der Waals surface area contributed by atoms with Crippen molar-refractivity contribution >= 4 is 19.5 Å². The fraction of sp³-hybridized carbons (Fsp3) is 0.556. The van der Waals surface area contributed by atoms with Crippen LogP contribution in [0.3, 0.4) is 0 Å². The minimum Gasteiger partial charge on any atom is -0.394 e. The molecular weight excluding hydrogens is 537 g/mol. The molecule has 4 rings (SSSR count). The monoisotopic (exact) mass is 563 g/mol. The highest BCUT2D eigenvalue weighted by atomic mass is 31.2. The van der Waals surface area contributed by atoms with Crippen LogP contribution in [0.1, 0.15) is 12.5 Å². The summed E-state index contributed by atoms with van der Waals surface area (Å²) in [5.41, 5.74) is 9.16. The molecule has 0 bridgehead atoms. The first-order valence-corrected chi connectivity index (χ1v) is 12.4. The fourth-order valence-corrected chi connectivity index (χ4v) is 5.02. The molecule has 0 unspecified atom stereocenters. The molecule has 0 aromatic carbocycles. The first-order chi connectivity index (χ1) is 18.0. The Balaban J connectivity index is 1.46. The van der Waals surface area contributed by atoms with Crippen LogP contribution in [0.5, 0.6) is 0 Å². The van der Waals surface area contributed by atoms with Crippen LogP contribution in [0.4, 0.5) is 11.6 Å². The van der Waals surface area contributed by atoms with Gasteiger partial charge in [0.1, 0.15) is 48.3 Å². The zero-order valence-electron chi connectivity index (χ0n) is 19.4. The second-order valence-electron chi connectivity index (χ2n) is 8.29. The lowest BCUT2D eigenvalue weighted by Crippen LogP contribution is -2.38. The minimum absolute atomic E-state index is 0.0728. The molecule has 0 spiro atoms. The highest BCUT2D eigenvalue weighted by molar-refractivity contribution is 7.48. The first-order valence-electron chi connectivity index (χ1n) is 10.9. The van der Waals surface area contributed by atoms with E-state index in [4.69, 9.17) is 35.9 Å². The molecular formula is C18H26N7O12P. The van der Waals surface area contributed by atoms with E-state index < -0.39 is 81.5 Å². The Kier molecular flexibility index (Phi) is 8.26. The molecule has 0 radical (unpaired) electrons. The Bertz CT molecular complexity index is 1310. The van der Waals surface area contributed by atoms with Crippen LogP contribution in [0.25, 0.3) is 0 Å². The maximum absolute atomic E-state index is 13.1. The quantitative estimate of drug-likeness (QED) is 0.113. The number of hydrogen-bond acceptors (Lipinski definition) is 17. The van der Waals surface area contributed by atoms with Crippen LogP contribution < -0.4 is 28.7 Å². The number of phosphoric acid groups is 1. The topological polar surface area (TPSA) is 292 Å². The van der Waals surface area contributed by atoms with Crippen LogP contribution in [0, 0.1) is 0 Å². The van der Waals surface area contributed by atoms with E-state index in [1.54, 1.807) is 0 Å². The fourth-order valence-electron chi connectivity index (χ4n) is 3.96. The number of nitrogens with zero attached hydrogens (tertiary/aromatic N) is 4. The van der Waals surface area contributed by atoms with Crippen molar-refractivity contribution < 1.29 is 48.1 Å². The van der Waals surface area contributed by atoms with Crippen molar-refractivity contribution in [3.63, 3.8) is 0 Å². The van der Waals surface area contributed by atoms with Crippen LogP contribution in [-0.2, 0) is 27.7 Å². The summed E-state index contributed by atoms with van der Waals surface area (Å²) in [6, 6.07) is 2.53. The summed E-state index contributed by atoms with van der Waals surface area (Å²) in [6.07, 6.45) is -9.66. The number of phosphoric ester groups is 1. The number of aliphatic hydroxyl groups excluding tert-OH is 4. The van der Waals surface area contributed by atoms with Gasteiger partial charge in [0.15, 0.2) is 12.5 Å². The van der Waals surface area contributed by atoms with E-state index in [9.17, 15) is 34.6 Å². The van der Waals surface area contributed by atoms with Gasteiger partial charge in [0.2, 0.25) is 0 Å². The second kappa shape index (κ2) is 11.1. The van der Waals surface area contributed by atoms with Gasteiger partial charge in [-0.05, 0) is 12.1 Å². The van der Waals surface area contributed by atoms with Crippen molar-refractivity contribution in [2.75, 3.05) is 24.7 Å². The lowest BCUT2D eigenvalue weighted by Gasteiger charge is -2.25. The third-order valence-electron chi connectivity index (χ3n) is 5.85. The Labute approximate surface area is 212 Å². The molecule has 38 heavy (non-hydrogen) atoms. The number of rotatable bonds is 9. The molecule has 0 saturated carbocycles. The molecule has 9 atom stereocenters. The predicted octanol–water partition coefficient (Wildman–Crippen LogP) is -4.07. The van der Waals surface area contributed by atoms with Gasteiger partial charge in [-0.2, -0.15) is 9.97 Å². The molecule has 20 heteroatoms. The molecule has 2 aliphatic rings. The summed E-state index contributed by atoms with van der Waals surface area (Å²) in [7, 11) is -4.75. The average Bonchev–Trinajstić information content (AvgIpc) is 3.33. The molecule has 19 nitrogen and oxygen atoms in total. The summed E-state index contributed by atoms with van der Waals surface area (Å²) in [5, 5.41) is 41.1. The molecule has 0 aliphatic carbocycles. The SMILES string of the molecule is NO[P@@](=O)(OC[C@@H]1O[C@@H](n2ccc(N)nc2=O)[C@H](O)[C@@H]1O)O[C@H]1[C@@H](O)[C@@H](n2ccc(N)nc2=O)O[C@H]1CO. The van der Waals surface area contributed by atoms with Gasteiger partial charge in [0.25, 0.3) is 0 Å². The van der Waals surface area contributed by atoms with Gasteiger partial charge in [-0.1, -0.05) is 0 Å². The number of aromatic nitrogens is 4. The van der Waals surface area contributed by atoms with Crippen molar-refractivity contribution in [2.45, 2.75) is 49.1 Å². The predicted molar refractivity (Wildman–Crippen MR) is 122 cm³/mol. The average molecular weight is 563 g/mol.